The van der Waals surface area contributed by atoms with E-state index >= 15 is 0 Å². The molecule has 0 spiro atoms. The zero-order chi connectivity index (χ0) is 30.9. The van der Waals surface area contributed by atoms with Gasteiger partial charge in [-0.15, -0.1) is 23.3 Å². The van der Waals surface area contributed by atoms with E-state index in [9.17, 15) is 4.79 Å². The second-order valence-corrected chi connectivity index (χ2v) is 12.9. The Balaban J connectivity index is 0.000000497. The maximum absolute atomic E-state index is 10.0. The predicted molar refractivity (Wildman–Crippen MR) is 183 cm³/mol. The minimum absolute atomic E-state index is 0. The number of aliphatic hydroxyl groups is 1. The summed E-state index contributed by atoms with van der Waals surface area (Å²) in [6.45, 7) is 14.3. The Morgan fingerprint density at radius 1 is 0.818 bits per heavy atom. The van der Waals surface area contributed by atoms with Crippen molar-refractivity contribution in [2.75, 3.05) is 0 Å². The van der Waals surface area contributed by atoms with E-state index in [-0.39, 0.29) is 37.1 Å². The number of hydrogen-bond donors (Lipinski definition) is 1. The fourth-order valence-corrected chi connectivity index (χ4v) is 6.01. The SMILES string of the molecule is CC(=O)/C=C(/C)O.CC(C)Cc1[c-]c(-c2nccc3c2ccc2c4ccccc4ccc32)cc2c(C(C)(C)C)cccc12.[Ir]. The Bertz CT molecular complexity index is 2010. The van der Waals surface area contributed by atoms with E-state index in [0.717, 1.165) is 17.7 Å². The molecule has 0 saturated carbocycles. The molecule has 44 heavy (non-hydrogen) atoms. The van der Waals surface area contributed by atoms with E-state index < -0.39 is 0 Å². The predicted octanol–water partition coefficient (Wildman–Crippen LogP) is 10.7. The standard InChI is InChI=1S/C35H32N.C5H8O2.Ir/c1-22(2)19-24-20-25(21-32-27(24)11-8-12-33(32)35(3,4)5)34-31-16-15-28-26-10-7-6-9-23(26)13-14-29(28)30(31)17-18-36-34;1-4(6)3-5(2)7;/h6-18,21-22H,19H2,1-5H3;3,6H,1-2H3;/q-1;;/b;4-3-;. The molecule has 0 bridgehead atoms. The van der Waals surface area contributed by atoms with E-state index in [1.807, 2.05) is 6.20 Å². The zero-order valence-electron chi connectivity index (χ0n) is 26.6. The summed E-state index contributed by atoms with van der Waals surface area (Å²) in [5.41, 5.74) is 4.81. The topological polar surface area (TPSA) is 50.2 Å². The number of rotatable bonds is 4. The van der Waals surface area contributed by atoms with Gasteiger partial charge in [0.05, 0.1) is 5.76 Å². The molecule has 6 aromatic rings. The van der Waals surface area contributed by atoms with E-state index in [0.29, 0.717) is 5.92 Å². The molecule has 227 valence electrons. The number of carbonyl (C=O) groups is 1. The third-order valence-corrected chi connectivity index (χ3v) is 7.76. The van der Waals surface area contributed by atoms with Crippen molar-refractivity contribution in [3.63, 3.8) is 0 Å². The quantitative estimate of drug-likeness (QED) is 0.0843. The van der Waals surface area contributed by atoms with Crippen LogP contribution in [0, 0.1) is 12.0 Å². The number of allylic oxidation sites excluding steroid dienone is 2. The minimum Gasteiger partial charge on any atom is -0.512 e. The number of carbonyl (C=O) groups excluding carboxylic acids is 1. The molecule has 0 unspecified atom stereocenters. The van der Waals surface area contributed by atoms with Gasteiger partial charge in [0.1, 0.15) is 0 Å². The number of ketones is 1. The molecule has 6 rings (SSSR count). The fourth-order valence-electron chi connectivity index (χ4n) is 6.01. The molecule has 1 heterocycles. The fraction of sp³-hybridized carbons (Fsp3) is 0.250. The summed E-state index contributed by atoms with van der Waals surface area (Å²) in [5, 5.41) is 18.5. The van der Waals surface area contributed by atoms with Gasteiger partial charge in [0.2, 0.25) is 0 Å². The molecule has 1 N–H and O–H groups in total. The number of aliphatic hydroxyl groups excluding tert-OH is 1. The van der Waals surface area contributed by atoms with Gasteiger partial charge in [-0.2, -0.15) is 0 Å². The first-order chi connectivity index (χ1) is 20.4. The van der Waals surface area contributed by atoms with Gasteiger partial charge in [0.15, 0.2) is 5.78 Å². The molecular formula is C40H40IrNO2-. The van der Waals surface area contributed by atoms with Crippen molar-refractivity contribution >= 4 is 48.9 Å². The number of nitrogens with zero attached hydrogens (tertiary/aromatic N) is 1. The van der Waals surface area contributed by atoms with Gasteiger partial charge < -0.3 is 10.1 Å². The second kappa shape index (κ2) is 13.4. The van der Waals surface area contributed by atoms with Gasteiger partial charge in [-0.25, -0.2) is 0 Å². The van der Waals surface area contributed by atoms with E-state index in [1.54, 1.807) is 0 Å². The van der Waals surface area contributed by atoms with E-state index in [2.05, 4.69) is 120 Å². The number of aromatic nitrogens is 1. The third-order valence-electron chi connectivity index (χ3n) is 7.76. The van der Waals surface area contributed by atoms with Gasteiger partial charge in [0, 0.05) is 32.4 Å². The van der Waals surface area contributed by atoms with Crippen LogP contribution in [0.1, 0.15) is 59.6 Å². The summed E-state index contributed by atoms with van der Waals surface area (Å²) in [7, 11) is 0. The van der Waals surface area contributed by atoms with Crippen molar-refractivity contribution in [3.8, 4) is 11.3 Å². The summed E-state index contributed by atoms with van der Waals surface area (Å²) in [5.74, 6) is 0.489. The normalized spacial score (nSPS) is 12.0. The molecule has 1 aromatic heterocycles. The van der Waals surface area contributed by atoms with Crippen LogP contribution in [-0.4, -0.2) is 15.9 Å². The second-order valence-electron chi connectivity index (χ2n) is 12.9. The van der Waals surface area contributed by atoms with Crippen LogP contribution in [0.2, 0.25) is 0 Å². The average Bonchev–Trinajstić information content (AvgIpc) is 2.95. The minimum atomic E-state index is -0.125. The molecular weight excluding hydrogens is 719 g/mol. The Kier molecular flexibility index (Phi) is 10.1. The summed E-state index contributed by atoms with van der Waals surface area (Å²) >= 11 is 0. The maximum Gasteiger partial charge on any atom is 0.155 e. The summed E-state index contributed by atoms with van der Waals surface area (Å²) in [4.78, 5) is 15.0. The van der Waals surface area contributed by atoms with Gasteiger partial charge in [-0.1, -0.05) is 118 Å². The number of pyridine rings is 1. The van der Waals surface area contributed by atoms with Crippen LogP contribution >= 0.6 is 0 Å². The van der Waals surface area contributed by atoms with Crippen LogP contribution in [0.5, 0.6) is 0 Å². The van der Waals surface area contributed by atoms with Crippen molar-refractivity contribution in [2.45, 2.75) is 60.3 Å². The smallest absolute Gasteiger partial charge is 0.155 e. The van der Waals surface area contributed by atoms with Crippen LogP contribution in [-0.2, 0) is 36.7 Å². The van der Waals surface area contributed by atoms with Crippen molar-refractivity contribution in [1.29, 1.82) is 0 Å². The summed E-state index contributed by atoms with van der Waals surface area (Å²) in [6.07, 6.45) is 4.12. The Hall–Kier alpha value is -3.85. The molecule has 0 fully saturated rings. The average molecular weight is 759 g/mol. The molecule has 0 aliphatic rings. The molecule has 0 saturated heterocycles. The first kappa shape index (κ1) is 33.1. The molecule has 3 nitrogen and oxygen atoms in total. The Morgan fingerprint density at radius 3 is 2.11 bits per heavy atom. The maximum atomic E-state index is 10.0. The molecule has 1 radical (unpaired) electrons. The Labute approximate surface area is 274 Å². The van der Waals surface area contributed by atoms with Crippen LogP contribution in [0.15, 0.2) is 96.9 Å². The van der Waals surface area contributed by atoms with Crippen LogP contribution < -0.4 is 0 Å². The van der Waals surface area contributed by atoms with Crippen LogP contribution in [0.3, 0.4) is 0 Å². The van der Waals surface area contributed by atoms with Crippen molar-refractivity contribution in [1.82, 2.24) is 4.98 Å². The van der Waals surface area contributed by atoms with Gasteiger partial charge in [0.25, 0.3) is 0 Å². The van der Waals surface area contributed by atoms with Crippen molar-refractivity contribution in [2.24, 2.45) is 5.92 Å². The van der Waals surface area contributed by atoms with Gasteiger partial charge in [-0.05, 0) is 75.7 Å². The molecule has 0 aliphatic heterocycles. The molecule has 5 aromatic carbocycles. The van der Waals surface area contributed by atoms with Crippen molar-refractivity contribution < 1.29 is 30.0 Å². The number of benzene rings is 5. The van der Waals surface area contributed by atoms with E-state index in [1.165, 1.54) is 74.1 Å². The van der Waals surface area contributed by atoms with Crippen LogP contribution in [0.4, 0.5) is 0 Å². The van der Waals surface area contributed by atoms with E-state index in [4.69, 9.17) is 10.1 Å². The third kappa shape index (κ3) is 6.93. The zero-order valence-corrected chi connectivity index (χ0v) is 29.0. The molecule has 4 heteroatoms. The number of fused-ring (bicyclic) bond motifs is 6. The molecule has 0 atom stereocenters. The first-order valence-electron chi connectivity index (χ1n) is 15.0. The summed E-state index contributed by atoms with van der Waals surface area (Å²) < 4.78 is 0. The molecule has 0 amide bonds. The summed E-state index contributed by atoms with van der Waals surface area (Å²) in [6, 6.07) is 32.7. The van der Waals surface area contributed by atoms with Crippen LogP contribution in [0.25, 0.3) is 54.3 Å². The number of hydrogen-bond acceptors (Lipinski definition) is 3. The van der Waals surface area contributed by atoms with Crippen molar-refractivity contribution in [3.05, 3.63) is 114 Å². The van der Waals surface area contributed by atoms with Gasteiger partial charge in [-0.3, -0.25) is 4.79 Å². The van der Waals surface area contributed by atoms with Gasteiger partial charge >= 0.3 is 0 Å². The largest absolute Gasteiger partial charge is 0.512 e. The first-order valence-corrected chi connectivity index (χ1v) is 15.0. The molecule has 0 aliphatic carbocycles. The Morgan fingerprint density at radius 2 is 1.45 bits per heavy atom. The monoisotopic (exact) mass is 759 g/mol.